The molecule has 116 valence electrons. The highest BCUT2D eigenvalue weighted by atomic mass is 16.6. The number of carbonyl (C=O) groups is 3. The predicted octanol–water partition coefficient (Wildman–Crippen LogP) is 0.601. The third-order valence-electron chi connectivity index (χ3n) is 6.15. The summed E-state index contributed by atoms with van der Waals surface area (Å²) in [4.78, 5) is 36.4. The van der Waals surface area contributed by atoms with Crippen molar-refractivity contribution >= 4 is 17.7 Å². The van der Waals surface area contributed by atoms with E-state index in [1.54, 1.807) is 6.92 Å². The van der Waals surface area contributed by atoms with E-state index < -0.39 is 34.5 Å². The molecular formula is C15H20O6. The monoisotopic (exact) mass is 296 g/mol. The molecule has 1 N–H and O–H groups in total. The SMILES string of the molecule is CC(=O)[C@]1(C)COC(=O)C[C@]23CC(=O)O[C@@]21C[C@@H](O)[C@H]3C. The summed E-state index contributed by atoms with van der Waals surface area (Å²) in [5.74, 6) is -1.36. The highest BCUT2D eigenvalue weighted by Crippen LogP contribution is 2.67. The van der Waals surface area contributed by atoms with E-state index in [9.17, 15) is 19.5 Å². The minimum Gasteiger partial charge on any atom is -0.464 e. The maximum absolute atomic E-state index is 12.3. The standard InChI is InChI=1S/C15H20O6/c1-8-10(17)4-15-13(3,9(2)16)7-20-11(18)5-14(8,15)6-12(19)21-15/h8,10,17H,4-7H2,1-3H3/t8-,10-,13+,14-,15-/m1/s1. The molecule has 0 unspecified atom stereocenters. The molecule has 0 radical (unpaired) electrons. The summed E-state index contributed by atoms with van der Waals surface area (Å²) in [6.07, 6.45) is -0.488. The van der Waals surface area contributed by atoms with E-state index in [1.807, 2.05) is 6.92 Å². The van der Waals surface area contributed by atoms with Gasteiger partial charge in [-0.15, -0.1) is 0 Å². The van der Waals surface area contributed by atoms with Crippen LogP contribution in [0, 0.1) is 16.7 Å². The van der Waals surface area contributed by atoms with E-state index in [0.717, 1.165) is 0 Å². The Labute approximate surface area is 122 Å². The van der Waals surface area contributed by atoms with Crippen LogP contribution in [-0.2, 0) is 23.9 Å². The summed E-state index contributed by atoms with van der Waals surface area (Å²) in [6, 6.07) is 0. The minimum atomic E-state index is -1.16. The molecule has 0 spiro atoms. The molecule has 2 saturated heterocycles. The first-order valence-corrected chi connectivity index (χ1v) is 7.25. The number of hydrogen-bond acceptors (Lipinski definition) is 6. The fraction of sp³-hybridized carbons (Fsp3) is 0.800. The first-order chi connectivity index (χ1) is 9.68. The molecule has 1 aliphatic carbocycles. The highest BCUT2D eigenvalue weighted by Gasteiger charge is 2.77. The van der Waals surface area contributed by atoms with E-state index >= 15 is 0 Å². The van der Waals surface area contributed by atoms with Crippen LogP contribution >= 0.6 is 0 Å². The average Bonchev–Trinajstić information content (AvgIpc) is 2.74. The van der Waals surface area contributed by atoms with Gasteiger partial charge in [-0.25, -0.2) is 0 Å². The van der Waals surface area contributed by atoms with Crippen LogP contribution in [0.5, 0.6) is 0 Å². The lowest BCUT2D eigenvalue weighted by atomic mass is 9.57. The van der Waals surface area contributed by atoms with Gasteiger partial charge in [-0.2, -0.15) is 0 Å². The molecule has 3 fully saturated rings. The molecule has 3 rings (SSSR count). The summed E-state index contributed by atoms with van der Waals surface area (Å²) in [6.45, 7) is 4.79. The van der Waals surface area contributed by atoms with Crippen molar-refractivity contribution in [3.63, 3.8) is 0 Å². The maximum Gasteiger partial charge on any atom is 0.307 e. The Morgan fingerprint density at radius 3 is 2.52 bits per heavy atom. The van der Waals surface area contributed by atoms with Crippen LogP contribution in [0.2, 0.25) is 0 Å². The fourth-order valence-electron chi connectivity index (χ4n) is 4.64. The van der Waals surface area contributed by atoms with Crippen LogP contribution in [0.25, 0.3) is 0 Å². The van der Waals surface area contributed by atoms with Crippen molar-refractivity contribution in [2.24, 2.45) is 16.7 Å². The van der Waals surface area contributed by atoms with E-state index in [2.05, 4.69) is 0 Å². The lowest BCUT2D eigenvalue weighted by molar-refractivity contribution is -0.178. The maximum atomic E-state index is 12.3. The van der Waals surface area contributed by atoms with Gasteiger partial charge in [0, 0.05) is 11.8 Å². The molecule has 0 amide bonds. The number of Topliss-reactive ketones (excluding diaryl/α,β-unsaturated/α-hetero) is 1. The molecule has 3 aliphatic rings. The van der Waals surface area contributed by atoms with Crippen molar-refractivity contribution in [2.75, 3.05) is 6.61 Å². The fourth-order valence-corrected chi connectivity index (χ4v) is 4.64. The summed E-state index contributed by atoms with van der Waals surface area (Å²) in [5, 5.41) is 10.3. The van der Waals surface area contributed by atoms with Gasteiger partial charge in [-0.3, -0.25) is 14.4 Å². The zero-order valence-corrected chi connectivity index (χ0v) is 12.5. The molecule has 6 nitrogen and oxygen atoms in total. The topological polar surface area (TPSA) is 89.9 Å². The Morgan fingerprint density at radius 2 is 1.90 bits per heavy atom. The first-order valence-electron chi connectivity index (χ1n) is 7.25. The Bertz CT molecular complexity index is 542. The summed E-state index contributed by atoms with van der Waals surface area (Å²) >= 11 is 0. The zero-order valence-electron chi connectivity index (χ0n) is 12.5. The van der Waals surface area contributed by atoms with Gasteiger partial charge >= 0.3 is 11.9 Å². The number of rotatable bonds is 1. The van der Waals surface area contributed by atoms with Crippen LogP contribution in [-0.4, -0.2) is 41.1 Å². The Morgan fingerprint density at radius 1 is 1.29 bits per heavy atom. The first kappa shape index (κ1) is 14.5. The van der Waals surface area contributed by atoms with Crippen LogP contribution < -0.4 is 0 Å². The molecule has 0 aromatic heterocycles. The van der Waals surface area contributed by atoms with Crippen molar-refractivity contribution in [3.05, 3.63) is 0 Å². The normalized spacial score (nSPS) is 49.0. The third kappa shape index (κ3) is 1.49. The summed E-state index contributed by atoms with van der Waals surface area (Å²) in [5.41, 5.74) is -3.15. The molecule has 5 atom stereocenters. The van der Waals surface area contributed by atoms with Gasteiger partial charge in [0.15, 0.2) is 0 Å². The van der Waals surface area contributed by atoms with Crippen molar-refractivity contribution in [3.8, 4) is 0 Å². The number of aliphatic hydroxyl groups is 1. The number of esters is 2. The molecule has 2 heterocycles. The minimum absolute atomic E-state index is 0.000162. The van der Waals surface area contributed by atoms with Crippen LogP contribution in [0.1, 0.15) is 40.0 Å². The van der Waals surface area contributed by atoms with Crippen LogP contribution in [0.15, 0.2) is 0 Å². The van der Waals surface area contributed by atoms with Gasteiger partial charge in [-0.05, 0) is 19.8 Å². The molecule has 0 aromatic rings. The second-order valence-corrected chi connectivity index (χ2v) is 6.92. The largest absolute Gasteiger partial charge is 0.464 e. The highest BCUT2D eigenvalue weighted by molar-refractivity contribution is 5.88. The summed E-state index contributed by atoms with van der Waals surface area (Å²) < 4.78 is 10.9. The lowest BCUT2D eigenvalue weighted by Gasteiger charge is -2.47. The predicted molar refractivity (Wildman–Crippen MR) is 70.0 cm³/mol. The number of aliphatic hydroxyl groups excluding tert-OH is 1. The third-order valence-corrected chi connectivity index (χ3v) is 6.15. The molecular weight excluding hydrogens is 276 g/mol. The second kappa shape index (κ2) is 4.06. The Kier molecular flexibility index (Phi) is 2.81. The second-order valence-electron chi connectivity index (χ2n) is 6.92. The molecule has 0 bridgehead atoms. The van der Waals surface area contributed by atoms with Crippen LogP contribution in [0.3, 0.4) is 0 Å². The van der Waals surface area contributed by atoms with Crippen molar-refractivity contribution in [2.45, 2.75) is 51.7 Å². The van der Waals surface area contributed by atoms with E-state index in [0.29, 0.717) is 0 Å². The van der Waals surface area contributed by atoms with Crippen molar-refractivity contribution in [1.29, 1.82) is 0 Å². The number of ketones is 1. The smallest absolute Gasteiger partial charge is 0.307 e. The van der Waals surface area contributed by atoms with Gasteiger partial charge in [0.05, 0.1) is 18.9 Å². The van der Waals surface area contributed by atoms with Crippen molar-refractivity contribution in [1.82, 2.24) is 0 Å². The molecule has 21 heavy (non-hydrogen) atoms. The Balaban J connectivity index is 2.26. The Hall–Kier alpha value is -1.43. The van der Waals surface area contributed by atoms with Gasteiger partial charge in [0.2, 0.25) is 0 Å². The number of hydrogen-bond donors (Lipinski definition) is 1. The number of ether oxygens (including phenoxy) is 2. The van der Waals surface area contributed by atoms with E-state index in [-0.39, 0.29) is 37.6 Å². The average molecular weight is 296 g/mol. The zero-order chi connectivity index (χ0) is 15.6. The number of carbonyl (C=O) groups excluding carboxylic acids is 3. The molecule has 1 saturated carbocycles. The molecule has 2 aliphatic heterocycles. The molecule has 6 heteroatoms. The van der Waals surface area contributed by atoms with Gasteiger partial charge in [0.1, 0.15) is 23.4 Å². The quantitative estimate of drug-likeness (QED) is 0.713. The van der Waals surface area contributed by atoms with Gasteiger partial charge < -0.3 is 14.6 Å². The summed E-state index contributed by atoms with van der Waals surface area (Å²) in [7, 11) is 0. The lowest BCUT2D eigenvalue weighted by Crippen LogP contribution is -2.58. The van der Waals surface area contributed by atoms with E-state index in [4.69, 9.17) is 9.47 Å². The van der Waals surface area contributed by atoms with Crippen molar-refractivity contribution < 1.29 is 29.0 Å². The van der Waals surface area contributed by atoms with Gasteiger partial charge in [0.25, 0.3) is 0 Å². The van der Waals surface area contributed by atoms with Crippen LogP contribution in [0.4, 0.5) is 0 Å². The molecule has 0 aromatic carbocycles. The van der Waals surface area contributed by atoms with Gasteiger partial charge in [-0.1, -0.05) is 6.92 Å². The number of cyclic esters (lactones) is 1. The van der Waals surface area contributed by atoms with E-state index in [1.165, 1.54) is 6.92 Å².